The summed E-state index contributed by atoms with van der Waals surface area (Å²) in [6.45, 7) is 1.85. The van der Waals surface area contributed by atoms with Gasteiger partial charge in [0.25, 0.3) is 5.91 Å². The van der Waals surface area contributed by atoms with Crippen LogP contribution in [0.5, 0.6) is 0 Å². The van der Waals surface area contributed by atoms with Crippen LogP contribution >= 0.6 is 0 Å². The number of carbonyl (C=O) groups excluding carboxylic acids is 1. The number of carbonyl (C=O) groups is 1. The fraction of sp³-hybridized carbons (Fsp3) is 0.500. The molecule has 17 heavy (non-hydrogen) atoms. The molecule has 3 rings (SSSR count). The molecule has 1 unspecified atom stereocenters. The van der Waals surface area contributed by atoms with Gasteiger partial charge in [-0.05, 0) is 36.6 Å². The quantitative estimate of drug-likeness (QED) is 0.801. The molecule has 0 saturated carbocycles. The van der Waals surface area contributed by atoms with Crippen LogP contribution in [0.3, 0.4) is 0 Å². The number of rotatable bonds is 1. The smallest absolute Gasteiger partial charge is 0.254 e. The number of piperidine rings is 1. The van der Waals surface area contributed by atoms with Crippen molar-refractivity contribution in [3.63, 3.8) is 0 Å². The molecule has 0 radical (unpaired) electrons. The summed E-state index contributed by atoms with van der Waals surface area (Å²) < 4.78 is 0. The lowest BCUT2D eigenvalue weighted by Gasteiger charge is -2.24. The van der Waals surface area contributed by atoms with Crippen LogP contribution in [-0.2, 0) is 6.54 Å². The molecule has 1 atom stereocenters. The Bertz CT molecular complexity index is 450. The Morgan fingerprint density at radius 1 is 1.35 bits per heavy atom. The van der Waals surface area contributed by atoms with Crippen LogP contribution in [0.1, 0.15) is 46.8 Å². The molecule has 0 bridgehead atoms. The third-order valence-corrected chi connectivity index (χ3v) is 3.83. The molecule has 1 saturated heterocycles. The molecule has 2 aliphatic heterocycles. The van der Waals surface area contributed by atoms with E-state index in [-0.39, 0.29) is 5.91 Å². The summed E-state index contributed by atoms with van der Waals surface area (Å²) in [5, 5.41) is 3.53. The number of fused-ring (bicyclic) bond motifs is 1. The normalized spacial score (nSPS) is 23.9. The first-order valence-electron chi connectivity index (χ1n) is 6.37. The van der Waals surface area contributed by atoms with E-state index in [0.29, 0.717) is 6.04 Å². The van der Waals surface area contributed by atoms with Crippen molar-refractivity contribution < 1.29 is 4.79 Å². The van der Waals surface area contributed by atoms with E-state index in [0.717, 1.165) is 24.2 Å². The number of hydrogen-bond acceptors (Lipinski definition) is 2. The van der Waals surface area contributed by atoms with Gasteiger partial charge < -0.3 is 10.2 Å². The zero-order valence-corrected chi connectivity index (χ0v) is 10.2. The van der Waals surface area contributed by atoms with Crippen molar-refractivity contribution in [1.82, 2.24) is 10.2 Å². The summed E-state index contributed by atoms with van der Waals surface area (Å²) in [6, 6.07) is 6.81. The SMILES string of the molecule is CN1Cc2ccc(C3CCCCN3)cc2C1=O. The predicted molar refractivity (Wildman–Crippen MR) is 66.8 cm³/mol. The van der Waals surface area contributed by atoms with Gasteiger partial charge in [-0.25, -0.2) is 0 Å². The average molecular weight is 230 g/mol. The Morgan fingerprint density at radius 3 is 3.00 bits per heavy atom. The van der Waals surface area contributed by atoms with E-state index in [4.69, 9.17) is 0 Å². The summed E-state index contributed by atoms with van der Waals surface area (Å²) in [4.78, 5) is 13.7. The predicted octanol–water partition coefficient (Wildman–Crippen LogP) is 2.09. The zero-order valence-electron chi connectivity index (χ0n) is 10.2. The molecule has 0 aromatic heterocycles. The van der Waals surface area contributed by atoms with Crippen molar-refractivity contribution in [2.45, 2.75) is 31.8 Å². The van der Waals surface area contributed by atoms with E-state index in [2.05, 4.69) is 23.5 Å². The summed E-state index contributed by atoms with van der Waals surface area (Å²) in [6.07, 6.45) is 3.73. The number of hydrogen-bond donors (Lipinski definition) is 1. The van der Waals surface area contributed by atoms with E-state index < -0.39 is 0 Å². The Kier molecular flexibility index (Phi) is 2.63. The molecule has 1 aromatic carbocycles. The van der Waals surface area contributed by atoms with Gasteiger partial charge in [0.2, 0.25) is 0 Å². The lowest BCUT2D eigenvalue weighted by molar-refractivity contribution is 0.0816. The van der Waals surface area contributed by atoms with Gasteiger partial charge in [-0.3, -0.25) is 4.79 Å². The van der Waals surface area contributed by atoms with E-state index in [1.54, 1.807) is 4.90 Å². The second-order valence-corrected chi connectivity index (χ2v) is 5.08. The second kappa shape index (κ2) is 4.15. The van der Waals surface area contributed by atoms with Crippen LogP contribution < -0.4 is 5.32 Å². The van der Waals surface area contributed by atoms with Crippen molar-refractivity contribution in [2.24, 2.45) is 0 Å². The molecule has 1 amide bonds. The molecule has 0 spiro atoms. The lowest BCUT2D eigenvalue weighted by atomic mass is 9.95. The van der Waals surface area contributed by atoms with Crippen LogP contribution in [-0.4, -0.2) is 24.4 Å². The molecular weight excluding hydrogens is 212 g/mol. The van der Waals surface area contributed by atoms with Crippen molar-refractivity contribution in [3.8, 4) is 0 Å². The first-order chi connectivity index (χ1) is 8.25. The molecule has 3 heteroatoms. The van der Waals surface area contributed by atoms with E-state index in [1.165, 1.54) is 24.8 Å². The Balaban J connectivity index is 1.91. The Morgan fingerprint density at radius 2 is 2.24 bits per heavy atom. The maximum Gasteiger partial charge on any atom is 0.254 e. The maximum atomic E-state index is 11.9. The van der Waals surface area contributed by atoms with E-state index in [1.807, 2.05) is 7.05 Å². The summed E-state index contributed by atoms with van der Waals surface area (Å²) in [7, 11) is 1.86. The van der Waals surface area contributed by atoms with Gasteiger partial charge in [0, 0.05) is 25.2 Å². The molecule has 90 valence electrons. The molecule has 1 N–H and O–H groups in total. The van der Waals surface area contributed by atoms with Crippen molar-refractivity contribution in [1.29, 1.82) is 0 Å². The van der Waals surface area contributed by atoms with Crippen LogP contribution in [0.25, 0.3) is 0 Å². The number of benzene rings is 1. The van der Waals surface area contributed by atoms with E-state index in [9.17, 15) is 4.79 Å². The highest BCUT2D eigenvalue weighted by Gasteiger charge is 2.25. The molecule has 3 nitrogen and oxygen atoms in total. The van der Waals surface area contributed by atoms with Crippen LogP contribution in [0.15, 0.2) is 18.2 Å². The van der Waals surface area contributed by atoms with Gasteiger partial charge >= 0.3 is 0 Å². The largest absolute Gasteiger partial charge is 0.337 e. The molecular formula is C14H18N2O. The fourth-order valence-corrected chi connectivity index (χ4v) is 2.82. The lowest BCUT2D eigenvalue weighted by Crippen LogP contribution is -2.26. The molecule has 2 aliphatic rings. The van der Waals surface area contributed by atoms with Crippen molar-refractivity contribution in [2.75, 3.05) is 13.6 Å². The maximum absolute atomic E-state index is 11.9. The molecule has 0 aliphatic carbocycles. The monoisotopic (exact) mass is 230 g/mol. The zero-order chi connectivity index (χ0) is 11.8. The topological polar surface area (TPSA) is 32.3 Å². The third kappa shape index (κ3) is 1.84. The van der Waals surface area contributed by atoms with Crippen molar-refractivity contribution >= 4 is 5.91 Å². The number of nitrogens with zero attached hydrogens (tertiary/aromatic N) is 1. The number of nitrogens with one attached hydrogen (secondary N) is 1. The number of amides is 1. The highest BCUT2D eigenvalue weighted by molar-refractivity contribution is 5.98. The van der Waals surface area contributed by atoms with Crippen LogP contribution in [0, 0.1) is 0 Å². The van der Waals surface area contributed by atoms with E-state index >= 15 is 0 Å². The highest BCUT2D eigenvalue weighted by atomic mass is 16.2. The summed E-state index contributed by atoms with van der Waals surface area (Å²) in [5.74, 6) is 0.164. The summed E-state index contributed by atoms with van der Waals surface area (Å²) >= 11 is 0. The van der Waals surface area contributed by atoms with Gasteiger partial charge in [0.1, 0.15) is 0 Å². The Labute approximate surface area is 102 Å². The minimum atomic E-state index is 0.164. The first-order valence-corrected chi connectivity index (χ1v) is 6.37. The third-order valence-electron chi connectivity index (χ3n) is 3.83. The minimum Gasteiger partial charge on any atom is -0.337 e. The molecule has 1 fully saturated rings. The van der Waals surface area contributed by atoms with Crippen LogP contribution in [0.2, 0.25) is 0 Å². The summed E-state index contributed by atoms with van der Waals surface area (Å²) in [5.41, 5.74) is 3.33. The molecule has 1 aromatic rings. The van der Waals surface area contributed by atoms with Gasteiger partial charge in [0.05, 0.1) is 0 Å². The van der Waals surface area contributed by atoms with Gasteiger partial charge in [-0.15, -0.1) is 0 Å². The van der Waals surface area contributed by atoms with Crippen LogP contribution in [0.4, 0.5) is 0 Å². The highest BCUT2D eigenvalue weighted by Crippen LogP contribution is 2.28. The minimum absolute atomic E-state index is 0.164. The average Bonchev–Trinajstić information content (AvgIpc) is 2.66. The van der Waals surface area contributed by atoms with Gasteiger partial charge in [-0.2, -0.15) is 0 Å². The molecule has 2 heterocycles. The van der Waals surface area contributed by atoms with Gasteiger partial charge in [0.15, 0.2) is 0 Å². The fourth-order valence-electron chi connectivity index (χ4n) is 2.82. The first kappa shape index (κ1) is 10.8. The standard InChI is InChI=1S/C14H18N2O/c1-16-9-11-6-5-10(8-12(11)14(16)17)13-4-2-3-7-15-13/h5-6,8,13,15H,2-4,7,9H2,1H3. The van der Waals surface area contributed by atoms with Gasteiger partial charge in [-0.1, -0.05) is 18.6 Å². The second-order valence-electron chi connectivity index (χ2n) is 5.08. The van der Waals surface area contributed by atoms with Crippen molar-refractivity contribution in [3.05, 3.63) is 34.9 Å². The Hall–Kier alpha value is -1.35.